The maximum Gasteiger partial charge on any atom is 0.420 e. The summed E-state index contributed by atoms with van der Waals surface area (Å²) in [5, 5.41) is 9.62. The first-order chi connectivity index (χ1) is 14.3. The summed E-state index contributed by atoms with van der Waals surface area (Å²) in [4.78, 5) is 5.75. The smallest absolute Gasteiger partial charge is 0.420 e. The molecule has 0 bridgehead atoms. The monoisotopic (exact) mass is 418 g/mol. The summed E-state index contributed by atoms with van der Waals surface area (Å²) in [6, 6.07) is 15.4. The lowest BCUT2D eigenvalue weighted by molar-refractivity contribution is -0.138. The van der Waals surface area contributed by atoms with Gasteiger partial charge in [0, 0.05) is 13.1 Å². The van der Waals surface area contributed by atoms with Crippen molar-refractivity contribution in [1.29, 1.82) is 0 Å². The summed E-state index contributed by atoms with van der Waals surface area (Å²) in [5.74, 6) is 0.567. The molecule has 30 heavy (non-hydrogen) atoms. The van der Waals surface area contributed by atoms with Gasteiger partial charge in [0.25, 0.3) is 0 Å². The van der Waals surface area contributed by atoms with Gasteiger partial charge < -0.3 is 19.5 Å². The lowest BCUT2D eigenvalue weighted by atomic mass is 10.1. The zero-order valence-corrected chi connectivity index (χ0v) is 16.5. The molecule has 158 valence electrons. The molecule has 1 aromatic heterocycles. The Morgan fingerprint density at radius 3 is 1.73 bits per heavy atom. The molecule has 1 heterocycles. The average molecular weight is 418 g/mol. The van der Waals surface area contributed by atoms with Gasteiger partial charge in [0.2, 0.25) is 0 Å². The molecule has 0 spiro atoms. The molecule has 0 atom stereocenters. The zero-order chi connectivity index (χ0) is 21.7. The zero-order valence-electron chi connectivity index (χ0n) is 16.5. The highest BCUT2D eigenvalue weighted by Gasteiger charge is 2.35. The molecule has 0 fully saturated rings. The number of ether oxygens (including phenoxy) is 2. The molecular formula is C22H21F3N2O3. The summed E-state index contributed by atoms with van der Waals surface area (Å²) in [7, 11) is 3.12. The van der Waals surface area contributed by atoms with Gasteiger partial charge in [-0.3, -0.25) is 0 Å². The predicted octanol–water partition coefficient (Wildman–Crippen LogP) is 5.03. The first kappa shape index (κ1) is 21.3. The van der Waals surface area contributed by atoms with Crippen LogP contribution >= 0.6 is 0 Å². The minimum absolute atomic E-state index is 0.103. The molecule has 3 rings (SSSR count). The van der Waals surface area contributed by atoms with Crippen molar-refractivity contribution >= 4 is 5.82 Å². The van der Waals surface area contributed by atoms with Crippen LogP contribution < -0.4 is 14.4 Å². The number of benzene rings is 2. The number of pyridine rings is 1. The lowest BCUT2D eigenvalue weighted by Crippen LogP contribution is -2.23. The number of hydrogen-bond donors (Lipinski definition) is 1. The van der Waals surface area contributed by atoms with E-state index in [-0.39, 0.29) is 5.82 Å². The summed E-state index contributed by atoms with van der Waals surface area (Å²) in [6.45, 7) is 0.621. The van der Waals surface area contributed by atoms with E-state index in [0.717, 1.165) is 23.4 Å². The Labute approximate surface area is 172 Å². The predicted molar refractivity (Wildman–Crippen MR) is 107 cm³/mol. The number of methoxy groups -OCH3 is 2. The average Bonchev–Trinajstić information content (AvgIpc) is 2.74. The summed E-state index contributed by atoms with van der Waals surface area (Å²) < 4.78 is 50.1. The molecule has 0 unspecified atom stereocenters. The fraction of sp³-hybridized carbons (Fsp3) is 0.227. The minimum atomic E-state index is -4.69. The molecule has 0 saturated carbocycles. The van der Waals surface area contributed by atoms with Crippen LogP contribution in [0.4, 0.5) is 19.0 Å². The van der Waals surface area contributed by atoms with Crippen LogP contribution in [0.15, 0.2) is 60.8 Å². The van der Waals surface area contributed by atoms with E-state index in [4.69, 9.17) is 9.47 Å². The normalized spacial score (nSPS) is 11.2. The molecule has 0 aliphatic heterocycles. The van der Waals surface area contributed by atoms with Crippen LogP contribution in [0.25, 0.3) is 0 Å². The Balaban J connectivity index is 1.95. The second-order valence-electron chi connectivity index (χ2n) is 6.61. The van der Waals surface area contributed by atoms with Crippen molar-refractivity contribution in [1.82, 2.24) is 4.98 Å². The molecule has 2 aromatic carbocycles. The van der Waals surface area contributed by atoms with E-state index < -0.39 is 17.5 Å². The third-order valence-corrected chi connectivity index (χ3v) is 4.56. The van der Waals surface area contributed by atoms with Crippen LogP contribution in [-0.4, -0.2) is 24.3 Å². The minimum Gasteiger partial charge on any atom is -0.506 e. The molecule has 1 N–H and O–H groups in total. The van der Waals surface area contributed by atoms with Gasteiger partial charge in [-0.1, -0.05) is 24.3 Å². The van der Waals surface area contributed by atoms with Gasteiger partial charge in [-0.25, -0.2) is 4.98 Å². The fourth-order valence-electron chi connectivity index (χ4n) is 2.96. The molecule has 0 aliphatic rings. The summed E-state index contributed by atoms with van der Waals surface area (Å²) >= 11 is 0. The molecule has 0 aliphatic carbocycles. The van der Waals surface area contributed by atoms with Crippen LogP contribution in [0, 0.1) is 0 Å². The molecule has 0 saturated heterocycles. The van der Waals surface area contributed by atoms with Crippen LogP contribution in [0.1, 0.15) is 16.7 Å². The third kappa shape index (κ3) is 5.14. The number of hydrogen-bond acceptors (Lipinski definition) is 5. The molecule has 3 aromatic rings. The van der Waals surface area contributed by atoms with E-state index in [1.165, 1.54) is 0 Å². The van der Waals surface area contributed by atoms with Gasteiger partial charge in [0.1, 0.15) is 28.6 Å². The highest BCUT2D eigenvalue weighted by atomic mass is 19.4. The van der Waals surface area contributed by atoms with E-state index in [0.29, 0.717) is 24.6 Å². The molecule has 0 amide bonds. The van der Waals surface area contributed by atoms with Crippen LogP contribution in [0.5, 0.6) is 17.2 Å². The first-order valence-electron chi connectivity index (χ1n) is 9.07. The Morgan fingerprint density at radius 1 is 0.867 bits per heavy atom. The van der Waals surface area contributed by atoms with Crippen molar-refractivity contribution < 1.29 is 27.8 Å². The molecule has 8 heteroatoms. The van der Waals surface area contributed by atoms with Gasteiger partial charge in [-0.05, 0) is 41.5 Å². The quantitative estimate of drug-likeness (QED) is 0.583. The van der Waals surface area contributed by atoms with Crippen molar-refractivity contribution in [2.45, 2.75) is 19.3 Å². The maximum absolute atomic E-state index is 13.3. The number of aromatic hydroxyl groups is 1. The topological polar surface area (TPSA) is 54.8 Å². The number of nitrogens with zero attached hydrogens (tertiary/aromatic N) is 2. The van der Waals surface area contributed by atoms with Gasteiger partial charge in [0.15, 0.2) is 0 Å². The van der Waals surface area contributed by atoms with Gasteiger partial charge in [-0.15, -0.1) is 0 Å². The number of anilines is 1. The van der Waals surface area contributed by atoms with Crippen molar-refractivity contribution in [2.24, 2.45) is 0 Å². The second-order valence-corrected chi connectivity index (χ2v) is 6.61. The van der Waals surface area contributed by atoms with Gasteiger partial charge in [0.05, 0.1) is 20.4 Å². The Kier molecular flexibility index (Phi) is 6.34. The SMILES string of the molecule is COc1ccc(CN(Cc2ccc(OC)cc2)c2cc(C(F)(F)F)c(O)cn2)cc1. The molecular weight excluding hydrogens is 397 g/mol. The van der Waals surface area contributed by atoms with Crippen LogP contribution in [0.3, 0.4) is 0 Å². The highest BCUT2D eigenvalue weighted by Crippen LogP contribution is 2.37. The molecule has 5 nitrogen and oxygen atoms in total. The Bertz CT molecular complexity index is 925. The second kappa shape index (κ2) is 8.94. The number of rotatable bonds is 7. The third-order valence-electron chi connectivity index (χ3n) is 4.56. The van der Waals surface area contributed by atoms with E-state index in [1.807, 2.05) is 24.3 Å². The standard InChI is InChI=1S/C22H21F3N2O3/c1-29-17-7-3-15(4-8-17)13-27(14-16-5-9-18(30-2)10-6-16)21-11-19(22(23,24)25)20(28)12-26-21/h3-12,28H,13-14H2,1-2H3. The van der Waals surface area contributed by atoms with Gasteiger partial charge in [-0.2, -0.15) is 13.2 Å². The van der Waals surface area contributed by atoms with Crippen molar-refractivity contribution in [3.63, 3.8) is 0 Å². The van der Waals surface area contributed by atoms with E-state index >= 15 is 0 Å². The fourth-order valence-corrected chi connectivity index (χ4v) is 2.96. The van der Waals surface area contributed by atoms with E-state index in [1.54, 1.807) is 43.4 Å². The van der Waals surface area contributed by atoms with Crippen LogP contribution in [-0.2, 0) is 19.3 Å². The van der Waals surface area contributed by atoms with Crippen molar-refractivity contribution in [3.8, 4) is 17.2 Å². The summed E-state index contributed by atoms with van der Waals surface area (Å²) in [5.41, 5.74) is 0.613. The first-order valence-corrected chi connectivity index (χ1v) is 9.07. The van der Waals surface area contributed by atoms with E-state index in [9.17, 15) is 18.3 Å². The maximum atomic E-state index is 13.3. The van der Waals surface area contributed by atoms with E-state index in [2.05, 4.69) is 4.98 Å². The molecule has 0 radical (unpaired) electrons. The van der Waals surface area contributed by atoms with Crippen LogP contribution in [0.2, 0.25) is 0 Å². The van der Waals surface area contributed by atoms with Crippen molar-refractivity contribution in [3.05, 3.63) is 77.5 Å². The Hall–Kier alpha value is -3.42. The van der Waals surface area contributed by atoms with Crippen molar-refractivity contribution in [2.75, 3.05) is 19.1 Å². The largest absolute Gasteiger partial charge is 0.506 e. The highest BCUT2D eigenvalue weighted by molar-refractivity contribution is 5.48. The number of halogens is 3. The number of aromatic nitrogens is 1. The van der Waals surface area contributed by atoms with Gasteiger partial charge >= 0.3 is 6.18 Å². The number of alkyl halides is 3. The summed E-state index contributed by atoms with van der Waals surface area (Å²) in [6.07, 6.45) is -3.86. The lowest BCUT2D eigenvalue weighted by Gasteiger charge is -2.25. The Morgan fingerprint density at radius 2 is 1.33 bits per heavy atom.